The van der Waals surface area contributed by atoms with Crippen molar-refractivity contribution in [2.45, 2.75) is 23.6 Å². The smallest absolute Gasteiger partial charge is 0.253 e. The summed E-state index contributed by atoms with van der Waals surface area (Å²) >= 11 is 1.71. The Morgan fingerprint density at radius 1 is 0.760 bits per heavy atom. The molecular formula is C22H19NOS. The average molecular weight is 345 g/mol. The number of hydrogen-bond donors (Lipinski definition) is 1. The van der Waals surface area contributed by atoms with Crippen molar-refractivity contribution >= 4 is 17.7 Å². The van der Waals surface area contributed by atoms with E-state index in [0.717, 1.165) is 16.7 Å². The Labute approximate surface area is 152 Å². The summed E-state index contributed by atoms with van der Waals surface area (Å²) in [6.07, 6.45) is 0. The molecule has 3 aromatic rings. The van der Waals surface area contributed by atoms with Crippen LogP contribution in [-0.4, -0.2) is 5.91 Å². The topological polar surface area (TPSA) is 29.1 Å². The van der Waals surface area contributed by atoms with Gasteiger partial charge in [-0.05, 0) is 42.7 Å². The van der Waals surface area contributed by atoms with Crippen LogP contribution in [0.5, 0.6) is 0 Å². The number of carbonyl (C=O) groups is 1. The summed E-state index contributed by atoms with van der Waals surface area (Å²) < 4.78 is 0. The number of amides is 1. The maximum Gasteiger partial charge on any atom is 0.253 e. The Morgan fingerprint density at radius 2 is 1.36 bits per heavy atom. The van der Waals surface area contributed by atoms with Gasteiger partial charge in [-0.15, -0.1) is 0 Å². The lowest BCUT2D eigenvalue weighted by Crippen LogP contribution is -2.38. The van der Waals surface area contributed by atoms with Gasteiger partial charge in [0.05, 0.1) is 0 Å². The minimum absolute atomic E-state index is 0.0139. The fourth-order valence-electron chi connectivity index (χ4n) is 3.43. The molecule has 1 heterocycles. The summed E-state index contributed by atoms with van der Waals surface area (Å²) in [6.45, 7) is 4.21. The zero-order valence-electron chi connectivity index (χ0n) is 14.2. The van der Waals surface area contributed by atoms with Gasteiger partial charge in [0, 0.05) is 16.0 Å². The first-order valence-electron chi connectivity index (χ1n) is 8.34. The van der Waals surface area contributed by atoms with Crippen LogP contribution in [-0.2, 0) is 4.87 Å². The van der Waals surface area contributed by atoms with Crippen molar-refractivity contribution in [3.8, 4) is 0 Å². The van der Waals surface area contributed by atoms with Crippen LogP contribution in [0.15, 0.2) is 77.7 Å². The van der Waals surface area contributed by atoms with Gasteiger partial charge >= 0.3 is 0 Å². The van der Waals surface area contributed by atoms with Crippen LogP contribution < -0.4 is 5.32 Å². The Balaban J connectivity index is 1.97. The number of nitrogens with one attached hydrogen (secondary N) is 1. The maximum absolute atomic E-state index is 12.7. The molecule has 2 nitrogen and oxygen atoms in total. The predicted octanol–water partition coefficient (Wildman–Crippen LogP) is 5.04. The molecule has 0 bridgehead atoms. The molecule has 1 aliphatic heterocycles. The maximum atomic E-state index is 12.7. The number of benzene rings is 3. The summed E-state index contributed by atoms with van der Waals surface area (Å²) in [7, 11) is 0. The van der Waals surface area contributed by atoms with E-state index in [4.69, 9.17) is 0 Å². The van der Waals surface area contributed by atoms with Gasteiger partial charge in [-0.3, -0.25) is 4.79 Å². The highest BCUT2D eigenvalue weighted by Gasteiger charge is 2.46. The van der Waals surface area contributed by atoms with Crippen LogP contribution in [0.1, 0.15) is 32.6 Å². The van der Waals surface area contributed by atoms with Crippen LogP contribution in [0, 0.1) is 13.8 Å². The molecule has 1 amide bonds. The predicted molar refractivity (Wildman–Crippen MR) is 103 cm³/mol. The number of rotatable bonds is 3. The Hall–Kier alpha value is -2.52. The normalized spacial score (nSPS) is 18.7. The van der Waals surface area contributed by atoms with E-state index in [0.29, 0.717) is 0 Å². The van der Waals surface area contributed by atoms with Gasteiger partial charge in [-0.25, -0.2) is 0 Å². The van der Waals surface area contributed by atoms with Crippen molar-refractivity contribution in [1.29, 1.82) is 0 Å². The minimum atomic E-state index is -0.606. The number of hydrogen-bond acceptors (Lipinski definition) is 2. The number of fused-ring (bicyclic) bond motifs is 1. The van der Waals surface area contributed by atoms with E-state index in [1.54, 1.807) is 11.8 Å². The minimum Gasteiger partial charge on any atom is -0.329 e. The molecule has 0 saturated carbocycles. The molecule has 25 heavy (non-hydrogen) atoms. The summed E-state index contributed by atoms with van der Waals surface area (Å²) in [5, 5.41) is 3.29. The first-order valence-corrected chi connectivity index (χ1v) is 9.16. The summed E-state index contributed by atoms with van der Waals surface area (Å²) in [4.78, 5) is 13.3. The van der Waals surface area contributed by atoms with Crippen molar-refractivity contribution in [1.82, 2.24) is 5.32 Å². The molecule has 0 unspecified atom stereocenters. The molecule has 1 aliphatic rings. The van der Waals surface area contributed by atoms with Gasteiger partial charge in [0.2, 0.25) is 0 Å². The Kier molecular flexibility index (Phi) is 3.89. The molecule has 0 aromatic heterocycles. The molecule has 0 aliphatic carbocycles. The molecule has 0 saturated heterocycles. The monoisotopic (exact) mass is 345 g/mol. The van der Waals surface area contributed by atoms with Crippen LogP contribution in [0.4, 0.5) is 0 Å². The van der Waals surface area contributed by atoms with Crippen LogP contribution >= 0.6 is 11.8 Å². The second-order valence-corrected chi connectivity index (χ2v) is 7.62. The Morgan fingerprint density at radius 3 is 2.08 bits per heavy atom. The third kappa shape index (κ3) is 2.56. The zero-order valence-corrected chi connectivity index (χ0v) is 15.1. The van der Waals surface area contributed by atoms with E-state index in [9.17, 15) is 4.79 Å². The van der Waals surface area contributed by atoms with E-state index in [1.165, 1.54) is 16.0 Å². The highest BCUT2D eigenvalue weighted by molar-refractivity contribution is 8.00. The van der Waals surface area contributed by atoms with Gasteiger partial charge in [-0.1, -0.05) is 72.4 Å². The summed E-state index contributed by atoms with van der Waals surface area (Å²) in [5.74, 6) is -0.0139. The lowest BCUT2D eigenvalue weighted by Gasteiger charge is -2.32. The van der Waals surface area contributed by atoms with Crippen molar-refractivity contribution in [3.05, 3.63) is 101 Å². The van der Waals surface area contributed by atoms with Gasteiger partial charge in [0.25, 0.3) is 5.91 Å². The molecule has 3 aromatic carbocycles. The molecule has 1 atom stereocenters. The van der Waals surface area contributed by atoms with E-state index < -0.39 is 4.87 Å². The second-order valence-electron chi connectivity index (χ2n) is 6.36. The van der Waals surface area contributed by atoms with Crippen molar-refractivity contribution < 1.29 is 4.79 Å². The van der Waals surface area contributed by atoms with Gasteiger partial charge in [0.1, 0.15) is 4.87 Å². The molecule has 1 N–H and O–H groups in total. The van der Waals surface area contributed by atoms with Crippen molar-refractivity contribution in [2.75, 3.05) is 0 Å². The third-order valence-electron chi connectivity index (χ3n) is 4.72. The first kappa shape index (κ1) is 16.0. The lowest BCUT2D eigenvalue weighted by molar-refractivity contribution is 0.0956. The molecule has 0 spiro atoms. The number of aryl methyl sites for hydroxylation is 2. The second kappa shape index (κ2) is 6.08. The molecule has 3 heteroatoms. The van der Waals surface area contributed by atoms with Crippen LogP contribution in [0.2, 0.25) is 0 Å². The van der Waals surface area contributed by atoms with Gasteiger partial charge in [0.15, 0.2) is 0 Å². The van der Waals surface area contributed by atoms with E-state index in [1.807, 2.05) is 42.5 Å². The molecule has 0 fully saturated rings. The van der Waals surface area contributed by atoms with E-state index in [-0.39, 0.29) is 5.91 Å². The van der Waals surface area contributed by atoms with Gasteiger partial charge < -0.3 is 5.32 Å². The van der Waals surface area contributed by atoms with Crippen molar-refractivity contribution in [3.63, 3.8) is 0 Å². The largest absolute Gasteiger partial charge is 0.329 e. The molecule has 124 valence electrons. The zero-order chi connectivity index (χ0) is 17.4. The SMILES string of the molecule is Cc1ccccc1S[C@@]1(c2ccccc2C)NC(=O)c2ccccc21. The highest BCUT2D eigenvalue weighted by atomic mass is 32.2. The fraction of sp³-hybridized carbons (Fsp3) is 0.136. The highest BCUT2D eigenvalue weighted by Crippen LogP contribution is 2.50. The van der Waals surface area contributed by atoms with E-state index >= 15 is 0 Å². The van der Waals surface area contributed by atoms with Gasteiger partial charge in [-0.2, -0.15) is 0 Å². The summed E-state index contributed by atoms with van der Waals surface area (Å²) in [6, 6.07) is 24.5. The molecule has 0 radical (unpaired) electrons. The first-order chi connectivity index (χ1) is 12.1. The Bertz CT molecular complexity index is 966. The van der Waals surface area contributed by atoms with Crippen LogP contribution in [0.3, 0.4) is 0 Å². The van der Waals surface area contributed by atoms with E-state index in [2.05, 4.69) is 49.5 Å². The third-order valence-corrected chi connectivity index (χ3v) is 6.25. The standard InChI is InChI=1S/C22H19NOS/c1-15-9-3-6-12-18(15)22(25-20-14-8-4-10-16(20)2)19-13-7-5-11-17(19)21(24)23-22/h3-14H,1-2H3,(H,23,24)/t22-/m1/s1. The molecular weight excluding hydrogens is 326 g/mol. The van der Waals surface area contributed by atoms with Crippen LogP contribution in [0.25, 0.3) is 0 Å². The fourth-order valence-corrected chi connectivity index (χ4v) is 4.91. The number of thioether (sulfide) groups is 1. The molecule has 4 rings (SSSR count). The summed E-state index contributed by atoms with van der Waals surface area (Å²) in [5.41, 5.74) is 5.29. The quantitative estimate of drug-likeness (QED) is 0.720. The number of carbonyl (C=O) groups excluding carboxylic acids is 1. The lowest BCUT2D eigenvalue weighted by atomic mass is 9.94. The van der Waals surface area contributed by atoms with Crippen molar-refractivity contribution in [2.24, 2.45) is 0 Å². The average Bonchev–Trinajstić information content (AvgIpc) is 2.91.